The maximum Gasteiger partial charge on any atom is 0.0222 e. The Kier molecular flexibility index (Phi) is 3.09. The van der Waals surface area contributed by atoms with Gasteiger partial charge in [-0.1, -0.05) is 28.1 Å². The van der Waals surface area contributed by atoms with Gasteiger partial charge < -0.3 is 5.32 Å². The molecule has 0 spiro atoms. The van der Waals surface area contributed by atoms with Gasteiger partial charge in [0.2, 0.25) is 0 Å². The van der Waals surface area contributed by atoms with E-state index in [-0.39, 0.29) is 0 Å². The van der Waals surface area contributed by atoms with E-state index in [4.69, 9.17) is 0 Å². The molecule has 11 heavy (non-hydrogen) atoms. The largest absolute Gasteiger partial charge is 0.316 e. The van der Waals surface area contributed by atoms with Crippen LogP contribution in [0.2, 0.25) is 0 Å². The summed E-state index contributed by atoms with van der Waals surface area (Å²) in [6.45, 7) is 3.05. The van der Waals surface area contributed by atoms with Crippen molar-refractivity contribution in [3.05, 3.63) is 33.8 Å². The van der Waals surface area contributed by atoms with E-state index in [1.807, 2.05) is 7.05 Å². The molecule has 1 N–H and O–H groups in total. The maximum absolute atomic E-state index is 3.51. The summed E-state index contributed by atoms with van der Waals surface area (Å²) in [4.78, 5) is 0. The molecule has 1 aromatic rings. The number of halogens is 1. The van der Waals surface area contributed by atoms with Gasteiger partial charge in [-0.3, -0.25) is 0 Å². The Bertz CT molecular complexity index is 225. The fourth-order valence-electron chi connectivity index (χ4n) is 1.07. The highest BCUT2D eigenvalue weighted by Crippen LogP contribution is 2.19. The van der Waals surface area contributed by atoms with Crippen LogP contribution >= 0.6 is 15.9 Å². The third-order valence-corrected chi connectivity index (χ3v) is 2.45. The Morgan fingerprint density at radius 2 is 2.18 bits per heavy atom. The van der Waals surface area contributed by atoms with E-state index in [0.717, 1.165) is 6.54 Å². The molecule has 0 bridgehead atoms. The summed E-state index contributed by atoms with van der Waals surface area (Å²) in [6.07, 6.45) is 0. The second-order valence-corrected chi connectivity index (χ2v) is 3.42. The number of hydrogen-bond donors (Lipinski definition) is 1. The molecule has 0 saturated carbocycles. The zero-order chi connectivity index (χ0) is 8.27. The monoisotopic (exact) mass is 213 g/mol. The van der Waals surface area contributed by atoms with Crippen LogP contribution in [0.3, 0.4) is 0 Å². The fourth-order valence-corrected chi connectivity index (χ4v) is 1.67. The lowest BCUT2D eigenvalue weighted by Gasteiger charge is -2.06. The van der Waals surface area contributed by atoms with Crippen molar-refractivity contribution in [3.63, 3.8) is 0 Å². The van der Waals surface area contributed by atoms with Crippen LogP contribution in [0.4, 0.5) is 0 Å². The van der Waals surface area contributed by atoms with Crippen LogP contribution in [0.1, 0.15) is 11.1 Å². The smallest absolute Gasteiger partial charge is 0.0222 e. The number of aryl methyl sites for hydroxylation is 1. The lowest BCUT2D eigenvalue weighted by atomic mass is 10.1. The van der Waals surface area contributed by atoms with Crippen LogP contribution in [0.15, 0.2) is 22.7 Å². The molecule has 2 heteroatoms. The van der Waals surface area contributed by atoms with Crippen molar-refractivity contribution in [1.82, 2.24) is 5.32 Å². The summed E-state index contributed by atoms with van der Waals surface area (Å²) in [5.41, 5.74) is 2.67. The first-order chi connectivity index (χ1) is 5.25. The minimum Gasteiger partial charge on any atom is -0.316 e. The van der Waals surface area contributed by atoms with Gasteiger partial charge in [0.15, 0.2) is 0 Å². The third-order valence-electron chi connectivity index (χ3n) is 1.71. The zero-order valence-electron chi connectivity index (χ0n) is 6.82. The number of nitrogens with one attached hydrogen (secondary N) is 1. The van der Waals surface area contributed by atoms with E-state index >= 15 is 0 Å². The summed E-state index contributed by atoms with van der Waals surface area (Å²) in [6, 6.07) is 6.25. The summed E-state index contributed by atoms with van der Waals surface area (Å²) in [5, 5.41) is 3.14. The molecular formula is C9H12BrN. The predicted octanol–water partition coefficient (Wildman–Crippen LogP) is 2.48. The second kappa shape index (κ2) is 3.88. The molecule has 0 saturated heterocycles. The van der Waals surface area contributed by atoms with Gasteiger partial charge in [0, 0.05) is 11.0 Å². The Morgan fingerprint density at radius 3 is 2.73 bits per heavy atom. The third kappa shape index (κ3) is 2.04. The molecule has 0 aliphatic rings. The van der Waals surface area contributed by atoms with Gasteiger partial charge in [-0.25, -0.2) is 0 Å². The van der Waals surface area contributed by atoms with E-state index in [0.29, 0.717) is 0 Å². The molecule has 0 radical (unpaired) electrons. The predicted molar refractivity (Wildman–Crippen MR) is 51.6 cm³/mol. The van der Waals surface area contributed by atoms with E-state index < -0.39 is 0 Å². The Hall–Kier alpha value is -0.340. The standard InChI is InChI=1S/C9H12BrN/c1-7-4-3-5-9(10)8(7)6-11-2/h3-5,11H,6H2,1-2H3. The average molecular weight is 214 g/mol. The molecule has 1 aromatic carbocycles. The molecule has 0 aliphatic heterocycles. The zero-order valence-corrected chi connectivity index (χ0v) is 8.40. The van der Waals surface area contributed by atoms with Crippen LogP contribution in [0, 0.1) is 6.92 Å². The van der Waals surface area contributed by atoms with Crippen LogP contribution in [0.25, 0.3) is 0 Å². The minimum absolute atomic E-state index is 0.924. The molecule has 0 aliphatic carbocycles. The molecule has 0 amide bonds. The SMILES string of the molecule is CNCc1c(C)cccc1Br. The van der Waals surface area contributed by atoms with Crippen molar-refractivity contribution < 1.29 is 0 Å². The molecule has 0 heterocycles. The van der Waals surface area contributed by atoms with Gasteiger partial charge in [0.25, 0.3) is 0 Å². The van der Waals surface area contributed by atoms with Crippen LogP contribution in [-0.2, 0) is 6.54 Å². The van der Waals surface area contributed by atoms with Crippen molar-refractivity contribution in [2.24, 2.45) is 0 Å². The Morgan fingerprint density at radius 1 is 1.45 bits per heavy atom. The summed E-state index contributed by atoms with van der Waals surface area (Å²) in [5.74, 6) is 0. The summed E-state index contributed by atoms with van der Waals surface area (Å²) in [7, 11) is 1.96. The molecule has 0 fully saturated rings. The van der Waals surface area contributed by atoms with Gasteiger partial charge in [-0.2, -0.15) is 0 Å². The van der Waals surface area contributed by atoms with E-state index in [9.17, 15) is 0 Å². The molecule has 0 unspecified atom stereocenters. The molecule has 1 rings (SSSR count). The second-order valence-electron chi connectivity index (χ2n) is 2.57. The minimum atomic E-state index is 0.924. The van der Waals surface area contributed by atoms with E-state index in [2.05, 4.69) is 46.4 Å². The van der Waals surface area contributed by atoms with Crippen molar-refractivity contribution in [2.75, 3.05) is 7.05 Å². The molecular weight excluding hydrogens is 202 g/mol. The lowest BCUT2D eigenvalue weighted by molar-refractivity contribution is 0.808. The quantitative estimate of drug-likeness (QED) is 0.797. The van der Waals surface area contributed by atoms with Crippen molar-refractivity contribution in [3.8, 4) is 0 Å². The van der Waals surface area contributed by atoms with Crippen molar-refractivity contribution in [2.45, 2.75) is 13.5 Å². The Labute approximate surface area is 75.9 Å². The van der Waals surface area contributed by atoms with Gasteiger partial charge in [-0.05, 0) is 31.2 Å². The van der Waals surface area contributed by atoms with Gasteiger partial charge in [0.1, 0.15) is 0 Å². The molecule has 0 atom stereocenters. The normalized spacial score (nSPS) is 10.1. The number of rotatable bonds is 2. The number of hydrogen-bond acceptors (Lipinski definition) is 1. The first-order valence-electron chi connectivity index (χ1n) is 3.64. The van der Waals surface area contributed by atoms with E-state index in [1.165, 1.54) is 15.6 Å². The first-order valence-corrected chi connectivity index (χ1v) is 4.43. The van der Waals surface area contributed by atoms with Crippen molar-refractivity contribution in [1.29, 1.82) is 0 Å². The fraction of sp³-hybridized carbons (Fsp3) is 0.333. The topological polar surface area (TPSA) is 12.0 Å². The van der Waals surface area contributed by atoms with Gasteiger partial charge >= 0.3 is 0 Å². The maximum atomic E-state index is 3.51. The highest BCUT2D eigenvalue weighted by molar-refractivity contribution is 9.10. The average Bonchev–Trinajstić information content (AvgIpc) is 1.97. The molecule has 0 aromatic heterocycles. The summed E-state index contributed by atoms with van der Waals surface area (Å²) >= 11 is 3.51. The highest BCUT2D eigenvalue weighted by atomic mass is 79.9. The van der Waals surface area contributed by atoms with Crippen LogP contribution < -0.4 is 5.32 Å². The highest BCUT2D eigenvalue weighted by Gasteiger charge is 1.99. The molecule has 1 nitrogen and oxygen atoms in total. The lowest BCUT2D eigenvalue weighted by Crippen LogP contribution is -2.07. The van der Waals surface area contributed by atoms with E-state index in [1.54, 1.807) is 0 Å². The van der Waals surface area contributed by atoms with Gasteiger partial charge in [-0.15, -0.1) is 0 Å². The van der Waals surface area contributed by atoms with Crippen LogP contribution in [0.5, 0.6) is 0 Å². The van der Waals surface area contributed by atoms with Gasteiger partial charge in [0.05, 0.1) is 0 Å². The molecule has 60 valence electrons. The van der Waals surface area contributed by atoms with Crippen molar-refractivity contribution >= 4 is 15.9 Å². The number of benzene rings is 1. The van der Waals surface area contributed by atoms with Crippen LogP contribution in [-0.4, -0.2) is 7.05 Å². The summed E-state index contributed by atoms with van der Waals surface area (Å²) < 4.78 is 1.19. The Balaban J connectivity index is 3.00. The first kappa shape index (κ1) is 8.75.